The van der Waals surface area contributed by atoms with Crippen LogP contribution in [0, 0.1) is 6.92 Å². The molecule has 2 rings (SSSR count). The van der Waals surface area contributed by atoms with Crippen LogP contribution < -0.4 is 10.2 Å². The molecule has 0 bridgehead atoms. The number of aliphatic hydroxyl groups is 1. The smallest absolute Gasteiger partial charge is 0.131 e. The number of hydrogen-bond acceptors (Lipinski definition) is 4. The number of nitrogens with zero attached hydrogens (tertiary/aromatic N) is 2. The zero-order chi connectivity index (χ0) is 15.2. The van der Waals surface area contributed by atoms with Crippen LogP contribution in [0.4, 0.5) is 5.82 Å². The number of aliphatic hydroxyl groups excluding tert-OH is 1. The van der Waals surface area contributed by atoms with E-state index in [1.807, 2.05) is 6.20 Å². The van der Waals surface area contributed by atoms with Crippen LogP contribution in [0.2, 0.25) is 0 Å². The van der Waals surface area contributed by atoms with E-state index in [2.05, 4.69) is 42.0 Å². The summed E-state index contributed by atoms with van der Waals surface area (Å²) in [5.41, 5.74) is 2.45. The minimum atomic E-state index is 0.169. The molecule has 0 aromatic carbocycles. The van der Waals surface area contributed by atoms with Gasteiger partial charge >= 0.3 is 0 Å². The fourth-order valence-electron chi connectivity index (χ4n) is 2.87. The second-order valence-corrected chi connectivity index (χ2v) is 6.03. The van der Waals surface area contributed by atoms with E-state index in [1.54, 1.807) is 0 Å². The van der Waals surface area contributed by atoms with Crippen molar-refractivity contribution in [3.63, 3.8) is 0 Å². The zero-order valence-corrected chi connectivity index (χ0v) is 13.6. The monoisotopic (exact) mass is 291 g/mol. The van der Waals surface area contributed by atoms with Gasteiger partial charge in [-0.3, -0.25) is 0 Å². The number of aromatic nitrogens is 1. The van der Waals surface area contributed by atoms with Gasteiger partial charge in [-0.2, -0.15) is 0 Å². The van der Waals surface area contributed by atoms with E-state index in [4.69, 9.17) is 0 Å². The molecule has 0 saturated heterocycles. The highest BCUT2D eigenvalue weighted by Gasteiger charge is 2.21. The highest BCUT2D eigenvalue weighted by molar-refractivity contribution is 5.48. The molecule has 1 saturated carbocycles. The van der Waals surface area contributed by atoms with Gasteiger partial charge in [-0.25, -0.2) is 4.98 Å². The largest absolute Gasteiger partial charge is 0.395 e. The molecule has 2 N–H and O–H groups in total. The van der Waals surface area contributed by atoms with Crippen LogP contribution >= 0.6 is 0 Å². The summed E-state index contributed by atoms with van der Waals surface area (Å²) in [6.45, 7) is 8.24. The van der Waals surface area contributed by atoms with Gasteiger partial charge in [0.1, 0.15) is 5.82 Å². The van der Waals surface area contributed by atoms with Gasteiger partial charge in [0, 0.05) is 31.4 Å². The second kappa shape index (κ2) is 7.76. The van der Waals surface area contributed by atoms with Crippen molar-refractivity contribution >= 4 is 5.82 Å². The molecule has 1 aromatic rings. The molecule has 0 spiro atoms. The van der Waals surface area contributed by atoms with Crippen molar-refractivity contribution < 1.29 is 5.11 Å². The van der Waals surface area contributed by atoms with Crippen LogP contribution in [-0.2, 0) is 6.54 Å². The van der Waals surface area contributed by atoms with Crippen molar-refractivity contribution in [2.24, 2.45) is 0 Å². The lowest BCUT2D eigenvalue weighted by molar-refractivity contribution is 0.295. The van der Waals surface area contributed by atoms with Gasteiger partial charge in [-0.1, -0.05) is 13.8 Å². The molecule has 21 heavy (non-hydrogen) atoms. The number of aryl methyl sites for hydroxylation is 1. The van der Waals surface area contributed by atoms with Crippen molar-refractivity contribution in [1.29, 1.82) is 0 Å². The molecular weight excluding hydrogens is 262 g/mol. The number of anilines is 1. The topological polar surface area (TPSA) is 48.4 Å². The molecule has 4 heteroatoms. The Morgan fingerprint density at radius 1 is 1.38 bits per heavy atom. The van der Waals surface area contributed by atoms with Crippen LogP contribution in [0.3, 0.4) is 0 Å². The molecule has 0 atom stereocenters. The summed E-state index contributed by atoms with van der Waals surface area (Å²) in [6.07, 6.45) is 6.74. The Hall–Kier alpha value is -1.13. The van der Waals surface area contributed by atoms with Crippen LogP contribution in [0.5, 0.6) is 0 Å². The maximum Gasteiger partial charge on any atom is 0.131 e. The Kier molecular flexibility index (Phi) is 6.00. The van der Waals surface area contributed by atoms with Crippen molar-refractivity contribution in [1.82, 2.24) is 10.3 Å². The van der Waals surface area contributed by atoms with Crippen molar-refractivity contribution in [3.8, 4) is 0 Å². The Bertz CT molecular complexity index is 442. The average Bonchev–Trinajstić information content (AvgIpc) is 3.30. The minimum absolute atomic E-state index is 0.169. The van der Waals surface area contributed by atoms with Crippen LogP contribution in [0.1, 0.15) is 50.7 Å². The molecule has 1 aliphatic rings. The molecule has 0 radical (unpaired) electrons. The first-order valence-electron chi connectivity index (χ1n) is 8.26. The number of rotatable bonds is 9. The summed E-state index contributed by atoms with van der Waals surface area (Å²) in [5, 5.41) is 12.9. The number of hydrogen-bond donors (Lipinski definition) is 2. The van der Waals surface area contributed by atoms with Gasteiger partial charge in [0.15, 0.2) is 0 Å². The molecule has 118 valence electrons. The molecule has 1 aliphatic carbocycles. The summed E-state index contributed by atoms with van der Waals surface area (Å²) in [6, 6.07) is 3.39. The highest BCUT2D eigenvalue weighted by Crippen LogP contribution is 2.23. The normalized spacial score (nSPS) is 14.7. The van der Waals surface area contributed by atoms with Crippen LogP contribution in [-0.4, -0.2) is 35.3 Å². The predicted octanol–water partition coefficient (Wildman–Crippen LogP) is 2.63. The van der Waals surface area contributed by atoms with E-state index in [-0.39, 0.29) is 6.61 Å². The number of pyridine rings is 1. The fraction of sp³-hybridized carbons (Fsp3) is 0.706. The summed E-state index contributed by atoms with van der Waals surface area (Å²) < 4.78 is 0. The lowest BCUT2D eigenvalue weighted by Gasteiger charge is -2.32. The Labute approximate surface area is 128 Å². The zero-order valence-electron chi connectivity index (χ0n) is 13.6. The van der Waals surface area contributed by atoms with Crippen molar-refractivity contribution in [2.45, 2.75) is 65.1 Å². The van der Waals surface area contributed by atoms with Gasteiger partial charge < -0.3 is 15.3 Å². The van der Waals surface area contributed by atoms with E-state index in [0.29, 0.717) is 12.6 Å². The molecule has 1 aromatic heterocycles. The third-order valence-electron chi connectivity index (χ3n) is 4.28. The predicted molar refractivity (Wildman–Crippen MR) is 87.6 cm³/mol. The molecule has 1 fully saturated rings. The average molecular weight is 291 g/mol. The van der Waals surface area contributed by atoms with Crippen LogP contribution in [0.25, 0.3) is 0 Å². The highest BCUT2D eigenvalue weighted by atomic mass is 16.3. The van der Waals surface area contributed by atoms with Gasteiger partial charge in [-0.05, 0) is 49.8 Å². The van der Waals surface area contributed by atoms with E-state index in [1.165, 1.54) is 24.0 Å². The third kappa shape index (κ3) is 4.42. The lowest BCUT2D eigenvalue weighted by Crippen LogP contribution is -2.38. The van der Waals surface area contributed by atoms with Crippen molar-refractivity contribution in [2.75, 3.05) is 18.1 Å². The Balaban J connectivity index is 2.11. The SMILES string of the molecule is CCC(CC)N(CCO)c1ncc(CNC2CC2)cc1C. The van der Waals surface area contributed by atoms with Gasteiger partial charge in [0.05, 0.1) is 6.61 Å². The second-order valence-electron chi connectivity index (χ2n) is 6.03. The van der Waals surface area contributed by atoms with E-state index < -0.39 is 0 Å². The minimum Gasteiger partial charge on any atom is -0.395 e. The van der Waals surface area contributed by atoms with Crippen LogP contribution in [0.15, 0.2) is 12.3 Å². The third-order valence-corrected chi connectivity index (χ3v) is 4.28. The first-order chi connectivity index (χ1) is 10.2. The first kappa shape index (κ1) is 16.2. The van der Waals surface area contributed by atoms with Gasteiger partial charge in [-0.15, -0.1) is 0 Å². The number of nitrogens with one attached hydrogen (secondary N) is 1. The molecule has 0 aliphatic heterocycles. The molecule has 4 nitrogen and oxygen atoms in total. The molecule has 0 unspecified atom stereocenters. The van der Waals surface area contributed by atoms with Gasteiger partial charge in [0.25, 0.3) is 0 Å². The van der Waals surface area contributed by atoms with Crippen molar-refractivity contribution in [3.05, 3.63) is 23.4 Å². The lowest BCUT2D eigenvalue weighted by atomic mass is 10.1. The Morgan fingerprint density at radius 3 is 2.62 bits per heavy atom. The first-order valence-corrected chi connectivity index (χ1v) is 8.26. The quantitative estimate of drug-likeness (QED) is 0.734. The maximum atomic E-state index is 9.36. The molecule has 0 amide bonds. The summed E-state index contributed by atoms with van der Waals surface area (Å²) >= 11 is 0. The van der Waals surface area contributed by atoms with E-state index in [9.17, 15) is 5.11 Å². The molecule has 1 heterocycles. The molecular formula is C17H29N3O. The summed E-state index contributed by atoms with van der Waals surface area (Å²) in [4.78, 5) is 6.94. The van der Waals surface area contributed by atoms with E-state index in [0.717, 1.165) is 31.2 Å². The standard InChI is InChI=1S/C17H29N3O/c1-4-16(5-2)20(8-9-21)17-13(3)10-14(12-19-17)11-18-15-6-7-15/h10,12,15-16,18,21H,4-9,11H2,1-3H3. The summed E-state index contributed by atoms with van der Waals surface area (Å²) in [7, 11) is 0. The fourth-order valence-corrected chi connectivity index (χ4v) is 2.87. The Morgan fingerprint density at radius 2 is 2.10 bits per heavy atom. The summed E-state index contributed by atoms with van der Waals surface area (Å²) in [5.74, 6) is 1.02. The maximum absolute atomic E-state index is 9.36. The van der Waals surface area contributed by atoms with Gasteiger partial charge in [0.2, 0.25) is 0 Å². The van der Waals surface area contributed by atoms with E-state index >= 15 is 0 Å².